The number of nitrogens with two attached hydrogens (primary N) is 1. The molecule has 0 unspecified atom stereocenters. The molecule has 0 heterocycles. The minimum Gasteiger partial charge on any atom is -0.372 e. The number of ketones is 1. The molecule has 1 aromatic rings. The number of hydrogen-bond donors (Lipinski definition) is 1. The molecule has 0 spiro atoms. The van der Waals surface area contributed by atoms with E-state index in [2.05, 4.69) is 24.0 Å². The fraction of sp³-hybridized carbons (Fsp3) is 0.529. The maximum atomic E-state index is 11.7. The number of primary amides is 1. The van der Waals surface area contributed by atoms with Crippen LogP contribution in [0.15, 0.2) is 30.3 Å². The van der Waals surface area contributed by atoms with Crippen LogP contribution in [0, 0.1) is 0 Å². The first-order valence-corrected chi connectivity index (χ1v) is 8.96. The number of Topliss-reactive ketones (excluding diaryl/α,β-unsaturated/α-hetero) is 1. The summed E-state index contributed by atoms with van der Waals surface area (Å²) in [7, 11) is 0. The Morgan fingerprint density at radius 2 is 1.86 bits per heavy atom. The number of amides is 1. The lowest BCUT2D eigenvalue weighted by Gasteiger charge is -2.22. The van der Waals surface area contributed by atoms with Crippen molar-refractivity contribution in [1.29, 1.82) is 0 Å². The third kappa shape index (κ3) is 8.08. The predicted octanol–water partition coefficient (Wildman–Crippen LogP) is 2.86. The standard InChI is InChI=1S/C17H26N2O2S/c1-2-19(15-8-4-3-5-9-15)12-7-6-10-16(20)14-22-13-11-17(18)21/h3-5,8-9H,2,6-7,10-14H2,1H3,(H2,18,21). The number of anilines is 1. The summed E-state index contributed by atoms with van der Waals surface area (Å²) in [6, 6.07) is 10.3. The van der Waals surface area contributed by atoms with Gasteiger partial charge in [-0.2, -0.15) is 11.8 Å². The van der Waals surface area contributed by atoms with Crippen molar-refractivity contribution in [3.05, 3.63) is 30.3 Å². The Morgan fingerprint density at radius 3 is 2.50 bits per heavy atom. The van der Waals surface area contributed by atoms with Crippen molar-refractivity contribution in [2.24, 2.45) is 5.73 Å². The van der Waals surface area contributed by atoms with Crippen molar-refractivity contribution in [1.82, 2.24) is 0 Å². The summed E-state index contributed by atoms with van der Waals surface area (Å²) in [4.78, 5) is 24.6. The van der Waals surface area contributed by atoms with Crippen LogP contribution >= 0.6 is 11.8 Å². The van der Waals surface area contributed by atoms with E-state index >= 15 is 0 Å². The van der Waals surface area contributed by atoms with Gasteiger partial charge in [-0.25, -0.2) is 0 Å². The van der Waals surface area contributed by atoms with Crippen molar-refractivity contribution in [3.63, 3.8) is 0 Å². The van der Waals surface area contributed by atoms with E-state index in [1.165, 1.54) is 17.4 Å². The highest BCUT2D eigenvalue weighted by Gasteiger charge is 2.06. The van der Waals surface area contributed by atoms with Crippen LogP contribution in [0.1, 0.15) is 32.6 Å². The van der Waals surface area contributed by atoms with Gasteiger partial charge in [-0.05, 0) is 31.9 Å². The van der Waals surface area contributed by atoms with E-state index in [4.69, 9.17) is 5.73 Å². The topological polar surface area (TPSA) is 63.4 Å². The first-order valence-electron chi connectivity index (χ1n) is 7.81. The Kier molecular flexibility index (Phi) is 9.39. The molecular weight excluding hydrogens is 296 g/mol. The molecule has 0 aromatic heterocycles. The largest absolute Gasteiger partial charge is 0.372 e. The smallest absolute Gasteiger partial charge is 0.218 e. The van der Waals surface area contributed by atoms with Crippen molar-refractivity contribution in [2.75, 3.05) is 29.5 Å². The quantitative estimate of drug-likeness (QED) is 0.601. The molecule has 0 bridgehead atoms. The van der Waals surface area contributed by atoms with Crippen LogP contribution in [0.4, 0.5) is 5.69 Å². The minimum atomic E-state index is -0.305. The number of benzene rings is 1. The zero-order valence-corrected chi connectivity index (χ0v) is 14.1. The number of thioether (sulfide) groups is 1. The number of unbranched alkanes of at least 4 members (excludes halogenated alkanes) is 1. The minimum absolute atomic E-state index is 0.261. The van der Waals surface area contributed by atoms with Gasteiger partial charge in [-0.3, -0.25) is 9.59 Å². The van der Waals surface area contributed by atoms with Crippen molar-refractivity contribution >= 4 is 29.1 Å². The normalized spacial score (nSPS) is 10.4. The highest BCUT2D eigenvalue weighted by molar-refractivity contribution is 7.99. The molecule has 0 saturated heterocycles. The molecule has 0 atom stereocenters. The summed E-state index contributed by atoms with van der Waals surface area (Å²) in [6.45, 7) is 4.09. The highest BCUT2D eigenvalue weighted by Crippen LogP contribution is 2.14. The molecule has 1 rings (SSSR count). The molecule has 5 heteroatoms. The number of para-hydroxylation sites is 1. The third-order valence-corrected chi connectivity index (χ3v) is 4.41. The summed E-state index contributed by atoms with van der Waals surface area (Å²) in [6.07, 6.45) is 2.90. The molecular formula is C17H26N2O2S. The lowest BCUT2D eigenvalue weighted by Crippen LogP contribution is -2.23. The second-order valence-corrected chi connectivity index (χ2v) is 6.29. The Labute approximate surface area is 137 Å². The van der Waals surface area contributed by atoms with Gasteiger partial charge in [0.25, 0.3) is 0 Å². The fourth-order valence-electron chi connectivity index (χ4n) is 2.16. The van der Waals surface area contributed by atoms with E-state index < -0.39 is 0 Å². The van der Waals surface area contributed by atoms with E-state index in [-0.39, 0.29) is 11.7 Å². The number of nitrogens with zero attached hydrogens (tertiary/aromatic N) is 1. The van der Waals surface area contributed by atoms with Gasteiger partial charge in [0.05, 0.1) is 5.75 Å². The van der Waals surface area contributed by atoms with Crippen molar-refractivity contribution in [3.8, 4) is 0 Å². The molecule has 0 aliphatic heterocycles. The van der Waals surface area contributed by atoms with E-state index in [0.29, 0.717) is 24.3 Å². The van der Waals surface area contributed by atoms with Crippen LogP contribution in [0.5, 0.6) is 0 Å². The Balaban J connectivity index is 2.13. The second kappa shape index (κ2) is 11.1. The van der Waals surface area contributed by atoms with E-state index in [0.717, 1.165) is 25.9 Å². The summed E-state index contributed by atoms with van der Waals surface area (Å²) < 4.78 is 0. The van der Waals surface area contributed by atoms with Gasteiger partial charge in [0.1, 0.15) is 5.78 Å². The summed E-state index contributed by atoms with van der Waals surface area (Å²) in [5.41, 5.74) is 6.29. The molecule has 0 saturated carbocycles. The van der Waals surface area contributed by atoms with E-state index in [1.807, 2.05) is 18.2 Å². The molecule has 1 amide bonds. The number of carbonyl (C=O) groups is 2. The van der Waals surface area contributed by atoms with Gasteiger partial charge in [-0.1, -0.05) is 18.2 Å². The zero-order valence-electron chi connectivity index (χ0n) is 13.3. The molecule has 122 valence electrons. The van der Waals surface area contributed by atoms with Gasteiger partial charge in [-0.15, -0.1) is 0 Å². The lowest BCUT2D eigenvalue weighted by atomic mass is 10.2. The molecule has 0 aliphatic carbocycles. The number of carbonyl (C=O) groups excluding carboxylic acids is 2. The van der Waals surface area contributed by atoms with Crippen LogP contribution in [-0.2, 0) is 9.59 Å². The Hall–Kier alpha value is -1.49. The maximum absolute atomic E-state index is 11.7. The molecule has 0 aliphatic rings. The van der Waals surface area contributed by atoms with Crippen LogP contribution in [0.2, 0.25) is 0 Å². The van der Waals surface area contributed by atoms with Crippen LogP contribution in [0.25, 0.3) is 0 Å². The van der Waals surface area contributed by atoms with Gasteiger partial charge in [0.2, 0.25) is 5.91 Å². The molecule has 0 fully saturated rings. The first-order chi connectivity index (χ1) is 10.6. The van der Waals surface area contributed by atoms with Gasteiger partial charge in [0, 0.05) is 37.4 Å². The average molecular weight is 322 g/mol. The molecule has 1 aromatic carbocycles. The third-order valence-electron chi connectivity index (χ3n) is 3.39. The summed E-state index contributed by atoms with van der Waals surface area (Å²) >= 11 is 1.49. The molecule has 4 nitrogen and oxygen atoms in total. The molecule has 22 heavy (non-hydrogen) atoms. The monoisotopic (exact) mass is 322 g/mol. The SMILES string of the molecule is CCN(CCCCC(=O)CSCCC(N)=O)c1ccccc1. The summed E-state index contributed by atoms with van der Waals surface area (Å²) in [5.74, 6) is 1.08. The van der Waals surface area contributed by atoms with Crippen molar-refractivity contribution in [2.45, 2.75) is 32.6 Å². The zero-order chi connectivity index (χ0) is 16.2. The highest BCUT2D eigenvalue weighted by atomic mass is 32.2. The average Bonchev–Trinajstić information content (AvgIpc) is 2.52. The summed E-state index contributed by atoms with van der Waals surface area (Å²) in [5, 5.41) is 0. The van der Waals surface area contributed by atoms with Gasteiger partial charge in [0.15, 0.2) is 0 Å². The van der Waals surface area contributed by atoms with Crippen LogP contribution in [0.3, 0.4) is 0 Å². The van der Waals surface area contributed by atoms with Gasteiger partial charge >= 0.3 is 0 Å². The molecule has 2 N–H and O–H groups in total. The Bertz CT molecular complexity index is 451. The predicted molar refractivity (Wildman–Crippen MR) is 94.3 cm³/mol. The maximum Gasteiger partial charge on any atom is 0.218 e. The van der Waals surface area contributed by atoms with E-state index in [9.17, 15) is 9.59 Å². The number of hydrogen-bond acceptors (Lipinski definition) is 4. The van der Waals surface area contributed by atoms with Crippen LogP contribution < -0.4 is 10.6 Å². The molecule has 0 radical (unpaired) electrons. The van der Waals surface area contributed by atoms with Crippen LogP contribution in [-0.4, -0.2) is 36.3 Å². The van der Waals surface area contributed by atoms with Gasteiger partial charge < -0.3 is 10.6 Å². The fourth-order valence-corrected chi connectivity index (χ4v) is 3.03. The first kappa shape index (κ1) is 18.6. The van der Waals surface area contributed by atoms with Crippen molar-refractivity contribution < 1.29 is 9.59 Å². The lowest BCUT2D eigenvalue weighted by molar-refractivity contribution is -0.118. The van der Waals surface area contributed by atoms with E-state index in [1.54, 1.807) is 0 Å². The number of rotatable bonds is 12. The second-order valence-electron chi connectivity index (χ2n) is 5.18. The Morgan fingerprint density at radius 1 is 1.14 bits per heavy atom.